The van der Waals surface area contributed by atoms with E-state index >= 15 is 0 Å². The molecular weight excluding hydrogens is 232 g/mol. The Bertz CT molecular complexity index is 520. The van der Waals surface area contributed by atoms with E-state index < -0.39 is 5.54 Å². The molecule has 3 amide bonds. The van der Waals surface area contributed by atoms with E-state index in [1.807, 2.05) is 0 Å². The number of urea groups is 1. The van der Waals surface area contributed by atoms with Gasteiger partial charge in [0.1, 0.15) is 5.54 Å². The Morgan fingerprint density at radius 3 is 2.89 bits per heavy atom. The number of carbonyl (C=O) groups excluding carboxylic acids is 2. The Labute approximate surface area is 105 Å². The second kappa shape index (κ2) is 3.57. The van der Waals surface area contributed by atoms with Crippen LogP contribution in [0.5, 0.6) is 0 Å². The van der Waals surface area contributed by atoms with Crippen molar-refractivity contribution in [2.75, 3.05) is 0 Å². The molecule has 0 bridgehead atoms. The third-order valence-corrected chi connectivity index (χ3v) is 3.71. The number of hydrogen-bond donors (Lipinski definition) is 2. The topological polar surface area (TPSA) is 78.1 Å². The van der Waals surface area contributed by atoms with Crippen molar-refractivity contribution in [3.63, 3.8) is 0 Å². The van der Waals surface area contributed by atoms with Gasteiger partial charge < -0.3 is 5.32 Å². The molecule has 1 saturated heterocycles. The summed E-state index contributed by atoms with van der Waals surface area (Å²) < 4.78 is 0. The van der Waals surface area contributed by atoms with E-state index in [-0.39, 0.29) is 18.0 Å². The van der Waals surface area contributed by atoms with Gasteiger partial charge in [0.2, 0.25) is 0 Å². The van der Waals surface area contributed by atoms with Crippen LogP contribution in [0.2, 0.25) is 0 Å². The quantitative estimate of drug-likeness (QED) is 0.731. The van der Waals surface area contributed by atoms with Crippen LogP contribution in [-0.4, -0.2) is 32.6 Å². The van der Waals surface area contributed by atoms with E-state index in [2.05, 4.69) is 15.5 Å². The summed E-state index contributed by atoms with van der Waals surface area (Å²) in [4.78, 5) is 25.6. The number of imide groups is 1. The van der Waals surface area contributed by atoms with Crippen LogP contribution in [0.1, 0.15) is 44.0 Å². The van der Waals surface area contributed by atoms with Crippen LogP contribution in [0, 0.1) is 0 Å². The molecule has 2 N–H and O–H groups in total. The van der Waals surface area contributed by atoms with Crippen molar-refractivity contribution in [1.29, 1.82) is 0 Å². The van der Waals surface area contributed by atoms with Crippen molar-refractivity contribution < 1.29 is 9.59 Å². The summed E-state index contributed by atoms with van der Waals surface area (Å²) in [6.45, 7) is 3.45. The van der Waals surface area contributed by atoms with E-state index in [0.717, 1.165) is 30.5 Å². The first kappa shape index (κ1) is 11.3. The smallest absolute Gasteiger partial charge is 0.324 e. The molecule has 1 aliphatic heterocycles. The average Bonchev–Trinajstić information content (AvgIpc) is 2.83. The predicted octanol–water partition coefficient (Wildman–Crippen LogP) is 1.12. The van der Waals surface area contributed by atoms with Crippen LogP contribution in [-0.2, 0) is 11.2 Å². The number of carbonyl (C=O) groups is 2. The summed E-state index contributed by atoms with van der Waals surface area (Å²) in [7, 11) is 0. The highest BCUT2D eigenvalue weighted by atomic mass is 16.2. The third-order valence-electron chi connectivity index (χ3n) is 3.71. The van der Waals surface area contributed by atoms with Crippen molar-refractivity contribution in [2.24, 2.45) is 0 Å². The normalized spacial score (nSPS) is 26.1. The van der Waals surface area contributed by atoms with Crippen LogP contribution in [0.15, 0.2) is 6.20 Å². The lowest BCUT2D eigenvalue weighted by Crippen LogP contribution is -2.41. The minimum atomic E-state index is -0.811. The molecule has 1 aromatic rings. The molecule has 0 radical (unpaired) electrons. The Morgan fingerprint density at radius 1 is 1.44 bits per heavy atom. The number of hydrogen-bond acceptors (Lipinski definition) is 3. The lowest BCUT2D eigenvalue weighted by Gasteiger charge is -2.29. The molecule has 6 heteroatoms. The fraction of sp³-hybridized carbons (Fsp3) is 0.583. The van der Waals surface area contributed by atoms with Crippen LogP contribution in [0.25, 0.3) is 0 Å². The van der Waals surface area contributed by atoms with Crippen molar-refractivity contribution >= 4 is 11.9 Å². The standard InChI is InChI=1S/C12H16N4O2/c1-12(2)10(17)16(11(18)14-12)8-5-3-4-7-6-13-15-9(7)8/h6,8H,3-5H2,1-2H3,(H,13,15)(H,14,18)/t8-/m0/s1. The number of nitrogens with zero attached hydrogens (tertiary/aromatic N) is 2. The number of fused-ring (bicyclic) bond motifs is 1. The van der Waals surface area contributed by atoms with Crippen molar-refractivity contribution in [3.8, 4) is 0 Å². The van der Waals surface area contributed by atoms with Gasteiger partial charge in [-0.05, 0) is 38.7 Å². The molecular formula is C12H16N4O2. The van der Waals surface area contributed by atoms with Crippen LogP contribution >= 0.6 is 0 Å². The van der Waals surface area contributed by atoms with Crippen LogP contribution in [0.3, 0.4) is 0 Å². The molecule has 0 saturated carbocycles. The Morgan fingerprint density at radius 2 is 2.22 bits per heavy atom. The second-order valence-electron chi connectivity index (χ2n) is 5.45. The molecule has 2 heterocycles. The summed E-state index contributed by atoms with van der Waals surface area (Å²) >= 11 is 0. The molecule has 1 atom stereocenters. The molecule has 96 valence electrons. The first-order valence-electron chi connectivity index (χ1n) is 6.18. The number of nitrogens with one attached hydrogen (secondary N) is 2. The van der Waals surface area contributed by atoms with Gasteiger partial charge in [-0.3, -0.25) is 14.8 Å². The van der Waals surface area contributed by atoms with E-state index in [1.54, 1.807) is 20.0 Å². The Hall–Kier alpha value is -1.85. The lowest BCUT2D eigenvalue weighted by molar-refractivity contribution is -0.132. The zero-order valence-electron chi connectivity index (χ0n) is 10.5. The second-order valence-corrected chi connectivity index (χ2v) is 5.45. The number of rotatable bonds is 1. The molecule has 0 unspecified atom stereocenters. The molecule has 6 nitrogen and oxygen atoms in total. The molecule has 1 aliphatic carbocycles. The highest BCUT2D eigenvalue weighted by Crippen LogP contribution is 2.36. The van der Waals surface area contributed by atoms with Crippen LogP contribution in [0.4, 0.5) is 4.79 Å². The maximum Gasteiger partial charge on any atom is 0.325 e. The summed E-state index contributed by atoms with van der Waals surface area (Å²) in [6, 6.07) is -0.511. The van der Waals surface area contributed by atoms with Gasteiger partial charge in [0.05, 0.1) is 17.9 Å². The van der Waals surface area contributed by atoms with E-state index in [9.17, 15) is 9.59 Å². The number of aromatic amines is 1. The number of aryl methyl sites for hydroxylation is 1. The number of aromatic nitrogens is 2. The summed E-state index contributed by atoms with van der Waals surface area (Å²) in [6.07, 6.45) is 4.50. The molecule has 0 spiro atoms. The molecule has 0 aromatic carbocycles. The number of amides is 3. The first-order valence-corrected chi connectivity index (χ1v) is 6.18. The molecule has 3 rings (SSSR count). The molecule has 2 aliphatic rings. The maximum absolute atomic E-state index is 12.3. The largest absolute Gasteiger partial charge is 0.325 e. The SMILES string of the molecule is CC1(C)NC(=O)N([C@H]2CCCc3cn[nH]c32)C1=O. The lowest BCUT2D eigenvalue weighted by atomic mass is 9.92. The van der Waals surface area contributed by atoms with Gasteiger partial charge in [-0.1, -0.05) is 0 Å². The summed E-state index contributed by atoms with van der Waals surface area (Å²) in [5.41, 5.74) is 1.20. The zero-order chi connectivity index (χ0) is 12.9. The predicted molar refractivity (Wildman–Crippen MR) is 63.7 cm³/mol. The van der Waals surface area contributed by atoms with Gasteiger partial charge in [0.25, 0.3) is 5.91 Å². The zero-order valence-corrected chi connectivity index (χ0v) is 10.5. The highest BCUT2D eigenvalue weighted by molar-refractivity contribution is 6.06. The van der Waals surface area contributed by atoms with Gasteiger partial charge in [-0.2, -0.15) is 5.10 Å². The maximum atomic E-state index is 12.3. The van der Waals surface area contributed by atoms with E-state index in [1.165, 1.54) is 4.90 Å². The minimum Gasteiger partial charge on any atom is -0.324 e. The summed E-state index contributed by atoms with van der Waals surface area (Å²) in [5, 5.41) is 9.66. The monoisotopic (exact) mass is 248 g/mol. The van der Waals surface area contributed by atoms with Gasteiger partial charge in [0.15, 0.2) is 0 Å². The van der Waals surface area contributed by atoms with Crippen molar-refractivity contribution in [1.82, 2.24) is 20.4 Å². The third kappa shape index (κ3) is 1.45. The van der Waals surface area contributed by atoms with Crippen LogP contribution < -0.4 is 5.32 Å². The number of H-pyrrole nitrogens is 1. The van der Waals surface area contributed by atoms with E-state index in [4.69, 9.17) is 0 Å². The first-order chi connectivity index (χ1) is 8.50. The molecule has 1 fully saturated rings. The van der Waals surface area contributed by atoms with Crippen molar-refractivity contribution in [2.45, 2.75) is 44.7 Å². The fourth-order valence-electron chi connectivity index (χ4n) is 2.75. The Kier molecular flexibility index (Phi) is 2.23. The minimum absolute atomic E-state index is 0.167. The molecule has 18 heavy (non-hydrogen) atoms. The van der Waals surface area contributed by atoms with Gasteiger partial charge in [0, 0.05) is 0 Å². The average molecular weight is 248 g/mol. The highest BCUT2D eigenvalue weighted by Gasteiger charge is 2.48. The van der Waals surface area contributed by atoms with E-state index in [0.29, 0.717) is 0 Å². The Balaban J connectivity index is 1.98. The summed E-state index contributed by atoms with van der Waals surface area (Å²) in [5.74, 6) is -0.167. The van der Waals surface area contributed by atoms with Crippen molar-refractivity contribution in [3.05, 3.63) is 17.5 Å². The molecule has 1 aromatic heterocycles. The van der Waals surface area contributed by atoms with Gasteiger partial charge in [-0.25, -0.2) is 4.79 Å². The van der Waals surface area contributed by atoms with Gasteiger partial charge >= 0.3 is 6.03 Å². The fourth-order valence-corrected chi connectivity index (χ4v) is 2.75. The van der Waals surface area contributed by atoms with Gasteiger partial charge in [-0.15, -0.1) is 0 Å².